The quantitative estimate of drug-likeness (QED) is 0.619. The van der Waals surface area contributed by atoms with Gasteiger partial charge >= 0.3 is 0 Å². The van der Waals surface area contributed by atoms with Crippen molar-refractivity contribution in [3.05, 3.63) is 20.2 Å². The number of hydrogen-bond acceptors (Lipinski definition) is 3. The minimum absolute atomic E-state index is 0.279. The van der Waals surface area contributed by atoms with Crippen molar-refractivity contribution in [2.45, 2.75) is 38.7 Å². The summed E-state index contributed by atoms with van der Waals surface area (Å²) in [6.07, 6.45) is 4.20. The van der Waals surface area contributed by atoms with E-state index in [4.69, 9.17) is 16.3 Å². The largest absolute Gasteiger partial charge is 0.378 e. The van der Waals surface area contributed by atoms with Crippen molar-refractivity contribution in [3.8, 4) is 0 Å². The molecular formula is C11H14ClIN2O. The van der Waals surface area contributed by atoms with Crippen LogP contribution in [0.1, 0.15) is 31.3 Å². The van der Waals surface area contributed by atoms with Crippen molar-refractivity contribution in [2.24, 2.45) is 0 Å². The van der Waals surface area contributed by atoms with Crippen LogP contribution >= 0.6 is 34.2 Å². The van der Waals surface area contributed by atoms with Crippen LogP contribution in [-0.4, -0.2) is 22.7 Å². The zero-order valence-electron chi connectivity index (χ0n) is 9.17. The van der Waals surface area contributed by atoms with Crippen LogP contribution in [0.3, 0.4) is 0 Å². The fourth-order valence-corrected chi connectivity index (χ4v) is 2.68. The van der Waals surface area contributed by atoms with Crippen molar-refractivity contribution in [1.29, 1.82) is 0 Å². The van der Waals surface area contributed by atoms with E-state index in [1.54, 1.807) is 0 Å². The van der Waals surface area contributed by atoms with Gasteiger partial charge in [-0.3, -0.25) is 0 Å². The van der Waals surface area contributed by atoms with Crippen molar-refractivity contribution in [2.75, 3.05) is 6.61 Å². The van der Waals surface area contributed by atoms with Gasteiger partial charge in [0, 0.05) is 13.0 Å². The summed E-state index contributed by atoms with van der Waals surface area (Å²) >= 11 is 8.28. The lowest BCUT2D eigenvalue weighted by Crippen LogP contribution is -2.13. The molecule has 0 aromatic carbocycles. The molecule has 1 unspecified atom stereocenters. The minimum atomic E-state index is 0.279. The summed E-state index contributed by atoms with van der Waals surface area (Å²) in [5.41, 5.74) is 1.04. The number of aryl methyl sites for hydroxylation is 1. The fraction of sp³-hybridized carbons (Fsp3) is 0.636. The SMILES string of the molecule is CCc1nc(CC2CCCO2)nc(Cl)c1I. The van der Waals surface area contributed by atoms with E-state index in [9.17, 15) is 0 Å². The van der Waals surface area contributed by atoms with Crippen LogP contribution in [0, 0.1) is 3.57 Å². The average Bonchev–Trinajstić information content (AvgIpc) is 2.76. The second kappa shape index (κ2) is 5.60. The highest BCUT2D eigenvalue weighted by atomic mass is 127. The van der Waals surface area contributed by atoms with Gasteiger partial charge in [0.15, 0.2) is 0 Å². The maximum absolute atomic E-state index is 6.08. The fourth-order valence-electron chi connectivity index (χ4n) is 1.85. The van der Waals surface area contributed by atoms with Crippen LogP contribution < -0.4 is 0 Å². The van der Waals surface area contributed by atoms with E-state index in [1.165, 1.54) is 0 Å². The summed E-state index contributed by atoms with van der Waals surface area (Å²) in [5, 5.41) is 0.570. The van der Waals surface area contributed by atoms with Gasteiger partial charge in [0.2, 0.25) is 0 Å². The average molecular weight is 353 g/mol. The number of aromatic nitrogens is 2. The molecular weight excluding hydrogens is 338 g/mol. The molecule has 1 fully saturated rings. The van der Waals surface area contributed by atoms with E-state index in [0.717, 1.165) is 47.4 Å². The number of rotatable bonds is 3. The Kier molecular flexibility index (Phi) is 4.38. The molecule has 2 heterocycles. The third-order valence-electron chi connectivity index (χ3n) is 2.69. The monoisotopic (exact) mass is 352 g/mol. The molecule has 0 saturated carbocycles. The zero-order chi connectivity index (χ0) is 11.5. The summed E-state index contributed by atoms with van der Waals surface area (Å²) in [6.45, 7) is 2.94. The predicted octanol–water partition coefficient (Wildman–Crippen LogP) is 3.02. The molecule has 0 radical (unpaired) electrons. The normalized spacial score (nSPS) is 20.3. The first-order valence-corrected chi connectivity index (χ1v) is 6.98. The molecule has 0 spiro atoms. The molecule has 3 nitrogen and oxygen atoms in total. The Hall–Kier alpha value is 0.0600. The topological polar surface area (TPSA) is 35.0 Å². The standard InChI is InChI=1S/C11H14ClIN2O/c1-2-8-10(13)11(12)15-9(14-8)6-7-4-3-5-16-7/h7H,2-6H2,1H3. The van der Waals surface area contributed by atoms with E-state index >= 15 is 0 Å². The number of nitrogens with zero attached hydrogens (tertiary/aromatic N) is 2. The third-order valence-corrected chi connectivity index (χ3v) is 4.42. The zero-order valence-corrected chi connectivity index (χ0v) is 12.1. The van der Waals surface area contributed by atoms with Crippen molar-refractivity contribution in [3.63, 3.8) is 0 Å². The summed E-state index contributed by atoms with van der Waals surface area (Å²) < 4.78 is 6.55. The van der Waals surface area contributed by atoms with Gasteiger partial charge in [-0.1, -0.05) is 18.5 Å². The van der Waals surface area contributed by atoms with Crippen molar-refractivity contribution < 1.29 is 4.74 Å². The molecule has 1 aliphatic rings. The van der Waals surface area contributed by atoms with E-state index in [2.05, 4.69) is 39.5 Å². The predicted molar refractivity (Wildman–Crippen MR) is 71.8 cm³/mol. The number of halogens is 2. The van der Waals surface area contributed by atoms with Crippen LogP contribution in [0.5, 0.6) is 0 Å². The molecule has 1 aliphatic heterocycles. The highest BCUT2D eigenvalue weighted by Crippen LogP contribution is 2.21. The highest BCUT2D eigenvalue weighted by Gasteiger charge is 2.18. The van der Waals surface area contributed by atoms with E-state index in [-0.39, 0.29) is 6.10 Å². The smallest absolute Gasteiger partial charge is 0.146 e. The van der Waals surface area contributed by atoms with E-state index in [0.29, 0.717) is 5.15 Å². The number of hydrogen-bond donors (Lipinski definition) is 0. The van der Waals surface area contributed by atoms with Crippen molar-refractivity contribution in [1.82, 2.24) is 9.97 Å². The van der Waals surface area contributed by atoms with Gasteiger partial charge in [0.25, 0.3) is 0 Å². The van der Waals surface area contributed by atoms with Crippen molar-refractivity contribution >= 4 is 34.2 Å². The molecule has 5 heteroatoms. The molecule has 2 rings (SSSR count). The molecule has 0 bridgehead atoms. The summed E-state index contributed by atoms with van der Waals surface area (Å²) in [6, 6.07) is 0. The van der Waals surface area contributed by atoms with Crippen LogP contribution in [0.4, 0.5) is 0 Å². The van der Waals surface area contributed by atoms with Gasteiger partial charge in [-0.2, -0.15) is 0 Å². The Labute approximate surface area is 114 Å². The van der Waals surface area contributed by atoms with Gasteiger partial charge in [-0.25, -0.2) is 9.97 Å². The maximum atomic E-state index is 6.08. The lowest BCUT2D eigenvalue weighted by Gasteiger charge is -2.10. The molecule has 0 amide bonds. The molecule has 1 aromatic heterocycles. The molecule has 16 heavy (non-hydrogen) atoms. The maximum Gasteiger partial charge on any atom is 0.146 e. The van der Waals surface area contributed by atoms with E-state index < -0.39 is 0 Å². The minimum Gasteiger partial charge on any atom is -0.378 e. The van der Waals surface area contributed by atoms with Crippen LogP contribution in [0.25, 0.3) is 0 Å². The Bertz CT molecular complexity index is 380. The molecule has 1 aromatic rings. The number of ether oxygens (including phenoxy) is 1. The lowest BCUT2D eigenvalue weighted by molar-refractivity contribution is 0.110. The van der Waals surface area contributed by atoms with Gasteiger partial charge in [-0.05, 0) is 41.9 Å². The molecule has 0 aliphatic carbocycles. The first-order chi connectivity index (χ1) is 7.70. The summed E-state index contributed by atoms with van der Waals surface area (Å²) in [5.74, 6) is 0.814. The van der Waals surface area contributed by atoms with Gasteiger partial charge in [-0.15, -0.1) is 0 Å². The van der Waals surface area contributed by atoms with Gasteiger partial charge in [0.1, 0.15) is 11.0 Å². The second-order valence-corrected chi connectivity index (χ2v) is 5.32. The van der Waals surface area contributed by atoms with Crippen LogP contribution in [0.2, 0.25) is 5.15 Å². The molecule has 0 N–H and O–H groups in total. The first kappa shape index (κ1) is 12.5. The second-order valence-electron chi connectivity index (χ2n) is 3.88. The van der Waals surface area contributed by atoms with E-state index in [1.807, 2.05) is 0 Å². The Balaban J connectivity index is 2.17. The molecule has 1 atom stereocenters. The van der Waals surface area contributed by atoms with Crippen LogP contribution in [-0.2, 0) is 17.6 Å². The van der Waals surface area contributed by atoms with Crippen LogP contribution in [0.15, 0.2) is 0 Å². The first-order valence-electron chi connectivity index (χ1n) is 5.53. The Morgan fingerprint density at radius 3 is 2.94 bits per heavy atom. The Morgan fingerprint density at radius 1 is 1.50 bits per heavy atom. The third kappa shape index (κ3) is 2.84. The molecule has 88 valence electrons. The van der Waals surface area contributed by atoms with Gasteiger partial charge in [0.05, 0.1) is 15.4 Å². The molecule has 1 saturated heterocycles. The Morgan fingerprint density at radius 2 is 2.31 bits per heavy atom. The summed E-state index contributed by atoms with van der Waals surface area (Å²) in [4.78, 5) is 8.84. The summed E-state index contributed by atoms with van der Waals surface area (Å²) in [7, 11) is 0. The highest BCUT2D eigenvalue weighted by molar-refractivity contribution is 14.1. The lowest BCUT2D eigenvalue weighted by atomic mass is 10.2. The van der Waals surface area contributed by atoms with Gasteiger partial charge < -0.3 is 4.74 Å².